The highest BCUT2D eigenvalue weighted by atomic mass is 32.2. The van der Waals surface area contributed by atoms with Crippen LogP contribution in [0.4, 0.5) is 4.79 Å². The third-order valence-corrected chi connectivity index (χ3v) is 4.39. The molecule has 2 amide bonds. The van der Waals surface area contributed by atoms with Gasteiger partial charge in [0.05, 0.1) is 4.90 Å². The van der Waals surface area contributed by atoms with Crippen molar-refractivity contribution in [3.05, 3.63) is 54.1 Å². The summed E-state index contributed by atoms with van der Waals surface area (Å²) < 4.78 is 25.2. The minimum atomic E-state index is -3.95. The van der Waals surface area contributed by atoms with Gasteiger partial charge >= 0.3 is 6.03 Å². The summed E-state index contributed by atoms with van der Waals surface area (Å²) in [6, 6.07) is 11.8. The van der Waals surface area contributed by atoms with Gasteiger partial charge in [0.15, 0.2) is 5.78 Å². The molecule has 2 aromatic carbocycles. The summed E-state index contributed by atoms with van der Waals surface area (Å²) in [7, 11) is -3.95. The molecule has 0 saturated heterocycles. The Morgan fingerprint density at radius 3 is 1.77 bits per heavy atom. The first kappa shape index (κ1) is 15.7. The number of ketones is 1. The molecule has 6 nitrogen and oxygen atoms in total. The van der Waals surface area contributed by atoms with Crippen LogP contribution in [0.1, 0.15) is 17.3 Å². The number of nitrogens with two attached hydrogens (primary N) is 1. The number of benzene rings is 2. The number of sulfonamides is 1. The average molecular weight is 318 g/mol. The number of hydrogen-bond donors (Lipinski definition) is 2. The van der Waals surface area contributed by atoms with Gasteiger partial charge in [-0.1, -0.05) is 36.4 Å². The van der Waals surface area contributed by atoms with Crippen molar-refractivity contribution in [2.75, 3.05) is 0 Å². The second kappa shape index (κ2) is 5.98. The monoisotopic (exact) mass is 318 g/mol. The lowest BCUT2D eigenvalue weighted by molar-refractivity contribution is 0.101. The van der Waals surface area contributed by atoms with Crippen molar-refractivity contribution in [2.24, 2.45) is 5.73 Å². The molecule has 0 aliphatic heterocycles. The third kappa shape index (κ3) is 3.50. The van der Waals surface area contributed by atoms with Crippen LogP contribution < -0.4 is 10.5 Å². The number of rotatable bonds is 4. The minimum Gasteiger partial charge on any atom is -0.351 e. The van der Waals surface area contributed by atoms with Gasteiger partial charge in [-0.3, -0.25) is 4.79 Å². The highest BCUT2D eigenvalue weighted by Crippen LogP contribution is 2.22. The van der Waals surface area contributed by atoms with Crippen LogP contribution in [0.3, 0.4) is 0 Å². The van der Waals surface area contributed by atoms with E-state index in [0.29, 0.717) is 5.56 Å². The van der Waals surface area contributed by atoms with E-state index in [1.807, 2.05) is 0 Å². The standard InChI is InChI=1S/C15H14N2O4S/c1-10(18)11-2-4-12(5-3-11)13-6-8-14(9-7-13)22(20,21)17-15(16)19/h2-9H,1H3,(H3,16,17,19). The van der Waals surface area contributed by atoms with E-state index < -0.39 is 16.1 Å². The molecular weight excluding hydrogens is 304 g/mol. The van der Waals surface area contributed by atoms with E-state index in [1.54, 1.807) is 41.1 Å². The molecule has 7 heteroatoms. The topological polar surface area (TPSA) is 106 Å². The molecule has 22 heavy (non-hydrogen) atoms. The highest BCUT2D eigenvalue weighted by Gasteiger charge is 2.15. The maximum absolute atomic E-state index is 11.8. The summed E-state index contributed by atoms with van der Waals surface area (Å²) in [5.74, 6) is -0.0227. The quantitative estimate of drug-likeness (QED) is 0.840. The van der Waals surface area contributed by atoms with Gasteiger partial charge in [-0.25, -0.2) is 17.9 Å². The van der Waals surface area contributed by atoms with Crippen molar-refractivity contribution in [2.45, 2.75) is 11.8 Å². The zero-order valence-corrected chi connectivity index (χ0v) is 12.6. The molecule has 0 aliphatic carbocycles. The highest BCUT2D eigenvalue weighted by molar-refractivity contribution is 7.90. The number of carbonyl (C=O) groups excluding carboxylic acids is 2. The Bertz CT molecular complexity index is 810. The van der Waals surface area contributed by atoms with Crippen molar-refractivity contribution in [1.29, 1.82) is 0 Å². The van der Waals surface area contributed by atoms with E-state index in [0.717, 1.165) is 11.1 Å². The first-order chi connectivity index (χ1) is 10.3. The molecular formula is C15H14N2O4S. The van der Waals surface area contributed by atoms with Crippen LogP contribution in [0.15, 0.2) is 53.4 Å². The molecule has 0 radical (unpaired) electrons. The first-order valence-corrected chi connectivity index (χ1v) is 7.81. The molecule has 0 aliphatic rings. The SMILES string of the molecule is CC(=O)c1ccc(-c2ccc(S(=O)(=O)NC(N)=O)cc2)cc1. The lowest BCUT2D eigenvalue weighted by Crippen LogP contribution is -2.34. The van der Waals surface area contributed by atoms with E-state index in [4.69, 9.17) is 5.73 Å². The maximum atomic E-state index is 11.8. The van der Waals surface area contributed by atoms with Crippen LogP contribution in [0.25, 0.3) is 11.1 Å². The zero-order chi connectivity index (χ0) is 16.3. The Morgan fingerprint density at radius 1 is 0.909 bits per heavy atom. The molecule has 0 saturated carbocycles. The van der Waals surface area contributed by atoms with Gasteiger partial charge in [0, 0.05) is 5.56 Å². The van der Waals surface area contributed by atoms with E-state index in [-0.39, 0.29) is 10.7 Å². The largest absolute Gasteiger partial charge is 0.351 e. The van der Waals surface area contributed by atoms with Crippen LogP contribution in [0.5, 0.6) is 0 Å². The second-order valence-electron chi connectivity index (χ2n) is 4.63. The van der Waals surface area contributed by atoms with Gasteiger partial charge in [-0.2, -0.15) is 0 Å². The van der Waals surface area contributed by atoms with Gasteiger partial charge < -0.3 is 5.73 Å². The molecule has 0 aromatic heterocycles. The number of nitrogens with one attached hydrogen (secondary N) is 1. The number of carbonyl (C=O) groups is 2. The number of hydrogen-bond acceptors (Lipinski definition) is 4. The molecule has 0 fully saturated rings. The number of urea groups is 1. The summed E-state index contributed by atoms with van der Waals surface area (Å²) in [6.07, 6.45) is 0. The van der Waals surface area contributed by atoms with Gasteiger partial charge in [0.2, 0.25) is 0 Å². The van der Waals surface area contributed by atoms with Gasteiger partial charge in [-0.15, -0.1) is 0 Å². The summed E-state index contributed by atoms with van der Waals surface area (Å²) in [4.78, 5) is 21.8. The summed E-state index contributed by atoms with van der Waals surface area (Å²) in [5, 5.41) is 0. The molecule has 114 valence electrons. The predicted octanol–water partition coefficient (Wildman–Crippen LogP) is 1.91. The lowest BCUT2D eigenvalue weighted by atomic mass is 10.0. The Kier molecular flexibility index (Phi) is 4.27. The van der Waals surface area contributed by atoms with E-state index in [2.05, 4.69) is 0 Å². The Balaban J connectivity index is 2.29. The number of primary amides is 1. The van der Waals surface area contributed by atoms with Crippen LogP contribution >= 0.6 is 0 Å². The fraction of sp³-hybridized carbons (Fsp3) is 0.0667. The van der Waals surface area contributed by atoms with Crippen LogP contribution in [0.2, 0.25) is 0 Å². The van der Waals surface area contributed by atoms with E-state index in [9.17, 15) is 18.0 Å². The fourth-order valence-electron chi connectivity index (χ4n) is 1.92. The third-order valence-electron chi connectivity index (χ3n) is 3.02. The Hall–Kier alpha value is -2.67. The summed E-state index contributed by atoms with van der Waals surface area (Å²) in [6.45, 7) is 1.49. The smallest absolute Gasteiger partial charge is 0.326 e. The van der Waals surface area contributed by atoms with Gasteiger partial charge in [0.1, 0.15) is 0 Å². The summed E-state index contributed by atoms with van der Waals surface area (Å²) >= 11 is 0. The molecule has 0 heterocycles. The molecule has 2 rings (SSSR count). The van der Waals surface area contributed by atoms with Crippen molar-refractivity contribution >= 4 is 21.8 Å². The van der Waals surface area contributed by atoms with Crippen molar-refractivity contribution in [3.8, 4) is 11.1 Å². The average Bonchev–Trinajstić information content (AvgIpc) is 2.46. The van der Waals surface area contributed by atoms with Crippen LogP contribution in [-0.2, 0) is 10.0 Å². The summed E-state index contributed by atoms with van der Waals surface area (Å²) in [5.41, 5.74) is 7.05. The second-order valence-corrected chi connectivity index (χ2v) is 6.31. The number of Topliss-reactive ketones (excluding diaryl/α,β-unsaturated/α-hetero) is 1. The van der Waals surface area contributed by atoms with Crippen molar-refractivity contribution in [3.63, 3.8) is 0 Å². The molecule has 0 atom stereocenters. The normalized spacial score (nSPS) is 11.0. The van der Waals surface area contributed by atoms with Crippen LogP contribution in [0, 0.1) is 0 Å². The van der Waals surface area contributed by atoms with E-state index in [1.165, 1.54) is 19.1 Å². The molecule has 3 N–H and O–H groups in total. The lowest BCUT2D eigenvalue weighted by Gasteiger charge is -2.06. The maximum Gasteiger partial charge on any atom is 0.326 e. The first-order valence-electron chi connectivity index (χ1n) is 6.33. The predicted molar refractivity (Wildman–Crippen MR) is 81.8 cm³/mol. The molecule has 2 aromatic rings. The molecule has 0 unspecified atom stereocenters. The van der Waals surface area contributed by atoms with Gasteiger partial charge in [0.25, 0.3) is 10.0 Å². The molecule has 0 bridgehead atoms. The van der Waals surface area contributed by atoms with Crippen molar-refractivity contribution < 1.29 is 18.0 Å². The van der Waals surface area contributed by atoms with Crippen molar-refractivity contribution in [1.82, 2.24) is 4.72 Å². The van der Waals surface area contributed by atoms with E-state index >= 15 is 0 Å². The Morgan fingerprint density at radius 2 is 1.36 bits per heavy atom. The van der Waals surface area contributed by atoms with Crippen LogP contribution in [-0.4, -0.2) is 20.2 Å². The Labute approximate surface area is 128 Å². The molecule has 0 spiro atoms. The van der Waals surface area contributed by atoms with Gasteiger partial charge in [-0.05, 0) is 30.2 Å². The zero-order valence-electron chi connectivity index (χ0n) is 11.7. The fourth-order valence-corrected chi connectivity index (χ4v) is 2.79. The number of amides is 2. The minimum absolute atomic E-state index is 0.0227.